The number of hydrogen-bond donors (Lipinski definition) is 2. The topological polar surface area (TPSA) is 90.7 Å². The number of ketones is 1. The molecule has 0 spiro atoms. The molecule has 0 saturated carbocycles. The van der Waals surface area contributed by atoms with E-state index in [1.165, 1.54) is 13.0 Å². The van der Waals surface area contributed by atoms with Gasteiger partial charge in [0.2, 0.25) is 0 Å². The summed E-state index contributed by atoms with van der Waals surface area (Å²) in [6.07, 6.45) is 0.739. The monoisotopic (exact) mass is 280 g/mol. The minimum Gasteiger partial charge on any atom is -0.483 e. The molecular formula is C14H20N2O4. The van der Waals surface area contributed by atoms with Crippen molar-refractivity contribution in [1.82, 2.24) is 5.32 Å². The predicted octanol–water partition coefficient (Wildman–Crippen LogP) is 1.00. The van der Waals surface area contributed by atoms with Crippen LogP contribution in [0.4, 0.5) is 5.69 Å². The molecule has 0 aliphatic heterocycles. The van der Waals surface area contributed by atoms with Crippen molar-refractivity contribution >= 4 is 17.4 Å². The lowest BCUT2D eigenvalue weighted by atomic mass is 10.1. The van der Waals surface area contributed by atoms with Crippen LogP contribution in [0.1, 0.15) is 23.7 Å². The summed E-state index contributed by atoms with van der Waals surface area (Å²) < 4.78 is 10.2. The first-order valence-corrected chi connectivity index (χ1v) is 6.33. The molecule has 1 aromatic rings. The van der Waals surface area contributed by atoms with Crippen LogP contribution in [0.2, 0.25) is 0 Å². The molecule has 0 atom stereocenters. The number of carbonyl (C=O) groups excluding carboxylic acids is 2. The highest BCUT2D eigenvalue weighted by Gasteiger charge is 2.10. The van der Waals surface area contributed by atoms with E-state index < -0.39 is 0 Å². The van der Waals surface area contributed by atoms with E-state index in [2.05, 4.69) is 5.32 Å². The van der Waals surface area contributed by atoms with Crippen LogP contribution in [0.5, 0.6) is 5.75 Å². The standard InChI is InChI=1S/C14H20N2O4/c1-10(17)12-8-11(15)4-5-13(12)20-9-14(18)16-6-3-7-19-2/h4-5,8H,3,6-7,9,15H2,1-2H3,(H,16,18). The summed E-state index contributed by atoms with van der Waals surface area (Å²) in [5, 5.41) is 2.69. The molecule has 1 amide bonds. The maximum atomic E-state index is 11.5. The number of nitrogens with one attached hydrogen (secondary N) is 1. The zero-order valence-electron chi connectivity index (χ0n) is 11.8. The molecule has 110 valence electrons. The number of benzene rings is 1. The van der Waals surface area contributed by atoms with Crippen LogP contribution >= 0.6 is 0 Å². The SMILES string of the molecule is COCCCNC(=O)COc1ccc(N)cc1C(C)=O. The van der Waals surface area contributed by atoms with Crippen LogP contribution in [-0.2, 0) is 9.53 Å². The highest BCUT2D eigenvalue weighted by atomic mass is 16.5. The maximum absolute atomic E-state index is 11.5. The third-order valence-corrected chi connectivity index (χ3v) is 2.59. The van der Waals surface area contributed by atoms with Crippen LogP contribution in [0, 0.1) is 0 Å². The number of methoxy groups -OCH3 is 1. The molecule has 0 bridgehead atoms. The fraction of sp³-hybridized carbons (Fsp3) is 0.429. The van der Waals surface area contributed by atoms with E-state index in [0.29, 0.717) is 30.2 Å². The second-order valence-corrected chi connectivity index (χ2v) is 4.30. The molecular weight excluding hydrogens is 260 g/mol. The molecule has 6 nitrogen and oxygen atoms in total. The summed E-state index contributed by atoms with van der Waals surface area (Å²) in [6, 6.07) is 4.75. The van der Waals surface area contributed by atoms with Crippen LogP contribution in [0.3, 0.4) is 0 Å². The van der Waals surface area contributed by atoms with Gasteiger partial charge in [0.15, 0.2) is 12.4 Å². The summed E-state index contributed by atoms with van der Waals surface area (Å²) in [5.74, 6) is -0.0426. The number of rotatable bonds is 8. The fourth-order valence-electron chi connectivity index (χ4n) is 1.59. The Hall–Kier alpha value is -2.08. The van der Waals surface area contributed by atoms with Gasteiger partial charge in [0.25, 0.3) is 5.91 Å². The number of nitrogen functional groups attached to an aromatic ring is 1. The first-order chi connectivity index (χ1) is 9.54. The van der Waals surface area contributed by atoms with Gasteiger partial charge < -0.3 is 20.5 Å². The molecule has 0 heterocycles. The summed E-state index contributed by atoms with van der Waals surface area (Å²) in [6.45, 7) is 2.40. The molecule has 3 N–H and O–H groups in total. The highest BCUT2D eigenvalue weighted by Crippen LogP contribution is 2.21. The Morgan fingerprint density at radius 3 is 2.75 bits per heavy atom. The molecule has 20 heavy (non-hydrogen) atoms. The minimum atomic E-state index is -0.243. The molecule has 0 radical (unpaired) electrons. The van der Waals surface area contributed by atoms with Crippen molar-refractivity contribution in [1.29, 1.82) is 0 Å². The number of hydrogen-bond acceptors (Lipinski definition) is 5. The number of Topliss-reactive ketones (excluding diaryl/α,β-unsaturated/α-hetero) is 1. The Morgan fingerprint density at radius 1 is 1.35 bits per heavy atom. The van der Waals surface area contributed by atoms with E-state index in [0.717, 1.165) is 6.42 Å². The van der Waals surface area contributed by atoms with Gasteiger partial charge in [0, 0.05) is 25.9 Å². The van der Waals surface area contributed by atoms with Gasteiger partial charge >= 0.3 is 0 Å². The number of anilines is 1. The molecule has 1 rings (SSSR count). The molecule has 0 aliphatic carbocycles. The highest BCUT2D eigenvalue weighted by molar-refractivity contribution is 5.97. The van der Waals surface area contributed by atoms with E-state index >= 15 is 0 Å². The van der Waals surface area contributed by atoms with Gasteiger partial charge in [-0.1, -0.05) is 0 Å². The molecule has 0 fully saturated rings. The first kappa shape index (κ1) is 16.0. The Bertz CT molecular complexity index is 474. The normalized spacial score (nSPS) is 10.1. The van der Waals surface area contributed by atoms with Crippen molar-refractivity contribution < 1.29 is 19.1 Å². The third kappa shape index (κ3) is 5.27. The van der Waals surface area contributed by atoms with Crippen molar-refractivity contribution in [2.45, 2.75) is 13.3 Å². The molecule has 0 aromatic heterocycles. The molecule has 1 aromatic carbocycles. The lowest BCUT2D eigenvalue weighted by Crippen LogP contribution is -2.30. The zero-order valence-corrected chi connectivity index (χ0v) is 11.8. The van der Waals surface area contributed by atoms with E-state index in [4.69, 9.17) is 15.2 Å². The van der Waals surface area contributed by atoms with E-state index in [9.17, 15) is 9.59 Å². The van der Waals surface area contributed by atoms with Gasteiger partial charge in [-0.3, -0.25) is 9.59 Å². The van der Waals surface area contributed by atoms with Crippen molar-refractivity contribution in [2.24, 2.45) is 0 Å². The van der Waals surface area contributed by atoms with Gasteiger partial charge in [-0.25, -0.2) is 0 Å². The number of nitrogens with two attached hydrogens (primary N) is 1. The van der Waals surface area contributed by atoms with E-state index in [1.807, 2.05) is 0 Å². The summed E-state index contributed by atoms with van der Waals surface area (Å²) in [4.78, 5) is 23.0. The Labute approximate surface area is 118 Å². The van der Waals surface area contributed by atoms with Gasteiger partial charge in [-0.15, -0.1) is 0 Å². The fourth-order valence-corrected chi connectivity index (χ4v) is 1.59. The largest absolute Gasteiger partial charge is 0.483 e. The zero-order chi connectivity index (χ0) is 15.0. The predicted molar refractivity (Wildman–Crippen MR) is 75.9 cm³/mol. The van der Waals surface area contributed by atoms with Crippen molar-refractivity contribution in [3.63, 3.8) is 0 Å². The summed E-state index contributed by atoms with van der Waals surface area (Å²) in [7, 11) is 1.61. The Morgan fingerprint density at radius 2 is 2.10 bits per heavy atom. The second kappa shape index (κ2) is 8.16. The smallest absolute Gasteiger partial charge is 0.257 e. The lowest BCUT2D eigenvalue weighted by Gasteiger charge is -2.10. The number of carbonyl (C=O) groups is 2. The van der Waals surface area contributed by atoms with E-state index in [1.54, 1.807) is 19.2 Å². The van der Waals surface area contributed by atoms with Gasteiger partial charge in [-0.05, 0) is 31.5 Å². The van der Waals surface area contributed by atoms with Crippen LogP contribution in [0.15, 0.2) is 18.2 Å². The van der Waals surface area contributed by atoms with Crippen molar-refractivity contribution in [2.75, 3.05) is 32.6 Å². The Kier molecular flexibility index (Phi) is 6.52. The third-order valence-electron chi connectivity index (χ3n) is 2.59. The van der Waals surface area contributed by atoms with Crippen molar-refractivity contribution in [3.8, 4) is 5.75 Å². The van der Waals surface area contributed by atoms with Crippen LogP contribution < -0.4 is 15.8 Å². The van der Waals surface area contributed by atoms with E-state index in [-0.39, 0.29) is 18.3 Å². The maximum Gasteiger partial charge on any atom is 0.257 e. The van der Waals surface area contributed by atoms with Gasteiger partial charge in [0.1, 0.15) is 5.75 Å². The van der Waals surface area contributed by atoms with Crippen LogP contribution in [-0.4, -0.2) is 38.6 Å². The second-order valence-electron chi connectivity index (χ2n) is 4.30. The quantitative estimate of drug-likeness (QED) is 0.421. The summed E-state index contributed by atoms with van der Waals surface area (Å²) >= 11 is 0. The number of amides is 1. The molecule has 0 aliphatic rings. The first-order valence-electron chi connectivity index (χ1n) is 6.33. The lowest BCUT2D eigenvalue weighted by molar-refractivity contribution is -0.123. The summed E-state index contributed by atoms with van der Waals surface area (Å²) in [5.41, 5.74) is 6.47. The van der Waals surface area contributed by atoms with Gasteiger partial charge in [0.05, 0.1) is 5.56 Å². The van der Waals surface area contributed by atoms with Crippen LogP contribution in [0.25, 0.3) is 0 Å². The molecule has 6 heteroatoms. The Balaban J connectivity index is 2.49. The van der Waals surface area contributed by atoms with Crippen molar-refractivity contribution in [3.05, 3.63) is 23.8 Å². The number of ether oxygens (including phenoxy) is 2. The van der Waals surface area contributed by atoms with Gasteiger partial charge in [-0.2, -0.15) is 0 Å². The molecule has 0 saturated heterocycles. The molecule has 0 unspecified atom stereocenters. The average molecular weight is 280 g/mol. The minimum absolute atomic E-state index is 0.142. The average Bonchev–Trinajstić information content (AvgIpc) is 2.42.